The molecule has 1 fully saturated rings. The maximum atomic E-state index is 12.8. The highest BCUT2D eigenvalue weighted by atomic mass is 32.2. The van der Waals surface area contributed by atoms with Crippen molar-refractivity contribution in [2.24, 2.45) is 5.92 Å². The van der Waals surface area contributed by atoms with Gasteiger partial charge in [-0.15, -0.1) is 11.8 Å². The molecule has 2 atom stereocenters. The molecule has 1 nitrogen and oxygen atoms in total. The van der Waals surface area contributed by atoms with Gasteiger partial charge < -0.3 is 5.32 Å². The molecule has 1 aliphatic rings. The number of nitrogens with one attached hydrogen (secondary N) is 1. The number of hydrogen-bond acceptors (Lipinski definition) is 2. The Kier molecular flexibility index (Phi) is 3.55. The van der Waals surface area contributed by atoms with E-state index in [1.54, 1.807) is 0 Å². The van der Waals surface area contributed by atoms with E-state index in [0.29, 0.717) is 0 Å². The Hall–Kier alpha value is -0.540. The van der Waals surface area contributed by atoms with E-state index in [2.05, 4.69) is 19.2 Å². The molecule has 0 saturated carbocycles. The van der Waals surface area contributed by atoms with Gasteiger partial charge in [0.15, 0.2) is 0 Å². The first-order valence-electron chi connectivity index (χ1n) is 5.71. The Labute approximate surface area is 101 Å². The molecule has 1 aromatic rings. The fourth-order valence-corrected chi connectivity index (χ4v) is 3.16. The monoisotopic (exact) mass is 239 g/mol. The number of halogens is 1. The highest BCUT2D eigenvalue weighted by Gasteiger charge is 2.29. The van der Waals surface area contributed by atoms with Crippen LogP contribution in [-0.2, 0) is 6.42 Å². The molecule has 2 rings (SSSR count). The third-order valence-corrected chi connectivity index (χ3v) is 4.63. The second kappa shape index (κ2) is 4.76. The van der Waals surface area contributed by atoms with Crippen LogP contribution in [0.25, 0.3) is 0 Å². The van der Waals surface area contributed by atoms with E-state index in [1.807, 2.05) is 23.9 Å². The molecule has 1 saturated heterocycles. The smallest absolute Gasteiger partial charge is 0.123 e. The van der Waals surface area contributed by atoms with Crippen LogP contribution < -0.4 is 5.32 Å². The van der Waals surface area contributed by atoms with Crippen LogP contribution in [0.2, 0.25) is 0 Å². The quantitative estimate of drug-likeness (QED) is 0.851. The summed E-state index contributed by atoms with van der Waals surface area (Å²) in [7, 11) is 0. The Balaban J connectivity index is 2.00. The molecule has 1 N–H and O–H groups in total. The van der Waals surface area contributed by atoms with Gasteiger partial charge in [0, 0.05) is 0 Å². The highest BCUT2D eigenvalue weighted by molar-refractivity contribution is 8.00. The second-order valence-electron chi connectivity index (χ2n) is 4.83. The average Bonchev–Trinajstić information content (AvgIpc) is 2.27. The first-order chi connectivity index (χ1) is 7.57. The van der Waals surface area contributed by atoms with Crippen LogP contribution >= 0.6 is 11.8 Å². The van der Waals surface area contributed by atoms with Gasteiger partial charge in [0.25, 0.3) is 0 Å². The maximum absolute atomic E-state index is 12.8. The summed E-state index contributed by atoms with van der Waals surface area (Å²) in [5.74, 6) is 1.78. The molecule has 1 aliphatic heterocycles. The van der Waals surface area contributed by atoms with E-state index in [0.717, 1.165) is 18.9 Å². The third-order valence-electron chi connectivity index (χ3n) is 2.97. The Morgan fingerprint density at radius 3 is 2.69 bits per heavy atom. The average molecular weight is 239 g/mol. The van der Waals surface area contributed by atoms with Crippen molar-refractivity contribution in [2.75, 3.05) is 12.3 Å². The minimum Gasteiger partial charge on any atom is -0.302 e. The van der Waals surface area contributed by atoms with Crippen LogP contribution in [0.5, 0.6) is 0 Å². The van der Waals surface area contributed by atoms with Crippen molar-refractivity contribution in [3.05, 3.63) is 35.6 Å². The maximum Gasteiger partial charge on any atom is 0.123 e. The number of rotatable bonds is 2. The lowest BCUT2D eigenvalue weighted by Gasteiger charge is -2.37. The van der Waals surface area contributed by atoms with Gasteiger partial charge in [-0.3, -0.25) is 0 Å². The minimum absolute atomic E-state index is 0.102. The Morgan fingerprint density at radius 1 is 1.44 bits per heavy atom. The summed E-state index contributed by atoms with van der Waals surface area (Å²) < 4.78 is 12.8. The fourth-order valence-electron chi connectivity index (χ4n) is 1.93. The standard InChI is InChI=1S/C13H18FNS/c1-10-8-15-13(2,16-9-10)7-11-3-5-12(14)6-4-11/h3-6,10,15H,7-9H2,1-2H3. The van der Waals surface area contributed by atoms with Gasteiger partial charge in [-0.25, -0.2) is 4.39 Å². The summed E-state index contributed by atoms with van der Waals surface area (Å²) in [6, 6.07) is 6.82. The van der Waals surface area contributed by atoms with Crippen LogP contribution in [0.3, 0.4) is 0 Å². The summed E-state index contributed by atoms with van der Waals surface area (Å²) in [5, 5.41) is 3.58. The van der Waals surface area contributed by atoms with Crippen LogP contribution in [-0.4, -0.2) is 17.2 Å². The second-order valence-corrected chi connectivity index (χ2v) is 6.35. The summed E-state index contributed by atoms with van der Waals surface area (Å²) in [6.45, 7) is 5.56. The summed E-state index contributed by atoms with van der Waals surface area (Å²) in [6.07, 6.45) is 0.949. The topological polar surface area (TPSA) is 12.0 Å². The largest absolute Gasteiger partial charge is 0.302 e. The zero-order valence-corrected chi connectivity index (χ0v) is 10.6. The molecular formula is C13H18FNS. The van der Waals surface area contributed by atoms with Crippen LogP contribution in [0.1, 0.15) is 19.4 Å². The molecule has 3 heteroatoms. The molecule has 16 heavy (non-hydrogen) atoms. The molecule has 0 spiro atoms. The van der Waals surface area contributed by atoms with Gasteiger partial charge in [-0.1, -0.05) is 19.1 Å². The number of thioether (sulfide) groups is 1. The van der Waals surface area contributed by atoms with E-state index in [9.17, 15) is 4.39 Å². The van der Waals surface area contributed by atoms with Crippen molar-refractivity contribution in [1.29, 1.82) is 0 Å². The van der Waals surface area contributed by atoms with Crippen LogP contribution in [0.4, 0.5) is 4.39 Å². The number of hydrogen-bond donors (Lipinski definition) is 1. The molecular weight excluding hydrogens is 221 g/mol. The summed E-state index contributed by atoms with van der Waals surface area (Å²) in [4.78, 5) is 0.102. The van der Waals surface area contributed by atoms with Gasteiger partial charge in [0.1, 0.15) is 5.82 Å². The molecule has 0 aromatic heterocycles. The molecule has 88 valence electrons. The minimum atomic E-state index is -0.160. The van der Waals surface area contributed by atoms with Crippen molar-refractivity contribution >= 4 is 11.8 Å². The normalized spacial score (nSPS) is 30.3. The van der Waals surface area contributed by atoms with Gasteiger partial charge in [-0.05, 0) is 49.3 Å². The molecule has 1 aromatic carbocycles. The fraction of sp³-hybridized carbons (Fsp3) is 0.538. The van der Waals surface area contributed by atoms with Crippen molar-refractivity contribution < 1.29 is 4.39 Å². The van der Waals surface area contributed by atoms with Crippen molar-refractivity contribution in [3.8, 4) is 0 Å². The first-order valence-corrected chi connectivity index (χ1v) is 6.69. The zero-order chi connectivity index (χ0) is 11.6. The van der Waals surface area contributed by atoms with Gasteiger partial charge in [-0.2, -0.15) is 0 Å². The molecule has 0 amide bonds. The summed E-state index contributed by atoms with van der Waals surface area (Å²) >= 11 is 1.97. The Bertz CT molecular complexity index is 341. The third kappa shape index (κ3) is 2.98. The van der Waals surface area contributed by atoms with E-state index in [1.165, 1.54) is 23.4 Å². The SMILES string of the molecule is CC1CNC(C)(Cc2ccc(F)cc2)SC1. The van der Waals surface area contributed by atoms with E-state index in [-0.39, 0.29) is 10.7 Å². The van der Waals surface area contributed by atoms with E-state index >= 15 is 0 Å². The lowest BCUT2D eigenvalue weighted by atomic mass is 10.1. The van der Waals surface area contributed by atoms with E-state index < -0.39 is 0 Å². The predicted octanol–water partition coefficient (Wildman–Crippen LogP) is 3.06. The summed E-state index contributed by atoms with van der Waals surface area (Å²) in [5.41, 5.74) is 1.19. The molecule has 2 unspecified atom stereocenters. The lowest BCUT2D eigenvalue weighted by Crippen LogP contribution is -2.48. The Morgan fingerprint density at radius 2 is 2.12 bits per heavy atom. The van der Waals surface area contributed by atoms with Crippen molar-refractivity contribution in [3.63, 3.8) is 0 Å². The van der Waals surface area contributed by atoms with Gasteiger partial charge in [0.2, 0.25) is 0 Å². The lowest BCUT2D eigenvalue weighted by molar-refractivity contribution is 0.430. The van der Waals surface area contributed by atoms with Gasteiger partial charge >= 0.3 is 0 Å². The molecule has 0 aliphatic carbocycles. The predicted molar refractivity (Wildman–Crippen MR) is 68.1 cm³/mol. The highest BCUT2D eigenvalue weighted by Crippen LogP contribution is 2.31. The van der Waals surface area contributed by atoms with Crippen molar-refractivity contribution in [1.82, 2.24) is 5.32 Å². The zero-order valence-electron chi connectivity index (χ0n) is 9.79. The molecule has 1 heterocycles. The first kappa shape index (κ1) is 11.9. The van der Waals surface area contributed by atoms with Crippen LogP contribution in [0, 0.1) is 11.7 Å². The molecule has 0 radical (unpaired) electrons. The van der Waals surface area contributed by atoms with Crippen molar-refractivity contribution in [2.45, 2.75) is 25.1 Å². The molecule has 0 bridgehead atoms. The van der Waals surface area contributed by atoms with Gasteiger partial charge in [0.05, 0.1) is 4.87 Å². The number of benzene rings is 1. The van der Waals surface area contributed by atoms with E-state index in [4.69, 9.17) is 0 Å². The van der Waals surface area contributed by atoms with Crippen LogP contribution in [0.15, 0.2) is 24.3 Å².